The molecule has 0 aliphatic carbocycles. The van der Waals surface area contributed by atoms with E-state index in [1.807, 2.05) is 4.90 Å². The molecule has 0 aromatic rings. The van der Waals surface area contributed by atoms with E-state index >= 15 is 0 Å². The minimum Gasteiger partial charge on any atom is -0.380 e. The highest BCUT2D eigenvalue weighted by Gasteiger charge is 2.54. The fourth-order valence-corrected chi connectivity index (χ4v) is 1.85. The Morgan fingerprint density at radius 3 is 2.14 bits per heavy atom. The molecule has 0 bridgehead atoms. The molecule has 0 aromatic heterocycles. The Bertz CT molecular complexity index is 190. The average Bonchev–Trinajstić information content (AvgIpc) is 2.08. The van der Waals surface area contributed by atoms with Crippen LogP contribution in [0.15, 0.2) is 0 Å². The van der Waals surface area contributed by atoms with Crippen LogP contribution in [0.25, 0.3) is 0 Å². The maximum atomic E-state index is 12.4. The summed E-state index contributed by atoms with van der Waals surface area (Å²) in [5.74, 6) is 0.629. The Morgan fingerprint density at radius 2 is 1.79 bits per heavy atom. The number of thiol groups is 1. The van der Waals surface area contributed by atoms with Gasteiger partial charge in [-0.2, -0.15) is 25.8 Å². The predicted molar refractivity (Wildman–Crippen MR) is 50.5 cm³/mol. The van der Waals surface area contributed by atoms with Crippen molar-refractivity contribution in [2.45, 2.75) is 24.6 Å². The Morgan fingerprint density at radius 1 is 1.29 bits per heavy atom. The fourth-order valence-electron chi connectivity index (χ4n) is 1.57. The molecule has 0 atom stereocenters. The van der Waals surface area contributed by atoms with Crippen LogP contribution < -0.4 is 0 Å². The molecule has 6 heteroatoms. The smallest absolute Gasteiger partial charge is 0.380 e. The summed E-state index contributed by atoms with van der Waals surface area (Å²) in [5, 5.41) is 9.32. The summed E-state index contributed by atoms with van der Waals surface area (Å²) in [6, 6.07) is 0. The molecule has 0 radical (unpaired) electrons. The van der Waals surface area contributed by atoms with Gasteiger partial charge in [0, 0.05) is 25.4 Å². The molecule has 1 fully saturated rings. The number of piperidine rings is 1. The van der Waals surface area contributed by atoms with Crippen molar-refractivity contribution >= 4 is 12.6 Å². The van der Waals surface area contributed by atoms with Crippen LogP contribution in [-0.4, -0.2) is 47.2 Å². The number of halogens is 3. The van der Waals surface area contributed by atoms with Crippen molar-refractivity contribution in [1.29, 1.82) is 0 Å². The summed E-state index contributed by atoms with van der Waals surface area (Å²) in [5.41, 5.74) is -2.47. The summed E-state index contributed by atoms with van der Waals surface area (Å²) < 4.78 is 37.1. The van der Waals surface area contributed by atoms with E-state index < -0.39 is 11.8 Å². The van der Waals surface area contributed by atoms with Crippen molar-refractivity contribution in [3.05, 3.63) is 0 Å². The summed E-state index contributed by atoms with van der Waals surface area (Å²) in [7, 11) is 0. The third-order valence-electron chi connectivity index (χ3n) is 2.63. The lowest BCUT2D eigenvalue weighted by Crippen LogP contribution is -2.53. The van der Waals surface area contributed by atoms with Crippen molar-refractivity contribution in [2.24, 2.45) is 0 Å². The zero-order valence-electron chi connectivity index (χ0n) is 7.72. The first kappa shape index (κ1) is 12.1. The predicted octanol–water partition coefficient (Wildman–Crippen LogP) is 1.31. The summed E-state index contributed by atoms with van der Waals surface area (Å²) in [6.07, 6.45) is -4.96. The van der Waals surface area contributed by atoms with E-state index in [9.17, 15) is 18.3 Å². The van der Waals surface area contributed by atoms with E-state index in [0.717, 1.165) is 0 Å². The molecule has 1 heterocycles. The Hall–Kier alpha value is 0.0600. The molecule has 0 aromatic carbocycles. The first-order valence-corrected chi connectivity index (χ1v) is 5.15. The van der Waals surface area contributed by atoms with Crippen LogP contribution in [0, 0.1) is 0 Å². The van der Waals surface area contributed by atoms with E-state index in [1.165, 1.54) is 0 Å². The highest BCUT2D eigenvalue weighted by Crippen LogP contribution is 2.38. The van der Waals surface area contributed by atoms with Crippen LogP contribution in [0.5, 0.6) is 0 Å². The SMILES string of the molecule is OC1(C(F)(F)F)CCN(CCS)CC1. The van der Waals surface area contributed by atoms with Gasteiger partial charge in [-0.25, -0.2) is 0 Å². The highest BCUT2D eigenvalue weighted by atomic mass is 32.1. The Labute approximate surface area is 86.5 Å². The molecule has 1 aliphatic heterocycles. The second kappa shape index (κ2) is 4.28. The molecule has 1 rings (SSSR count). The maximum Gasteiger partial charge on any atom is 0.417 e. The van der Waals surface area contributed by atoms with Gasteiger partial charge in [0.25, 0.3) is 0 Å². The van der Waals surface area contributed by atoms with Crippen LogP contribution in [0.2, 0.25) is 0 Å². The van der Waals surface area contributed by atoms with E-state index in [-0.39, 0.29) is 25.9 Å². The molecule has 1 aliphatic rings. The Kier molecular flexibility index (Phi) is 3.71. The van der Waals surface area contributed by atoms with Crippen LogP contribution in [0.1, 0.15) is 12.8 Å². The Balaban J connectivity index is 2.49. The number of nitrogens with zero attached hydrogens (tertiary/aromatic N) is 1. The molecule has 0 spiro atoms. The van der Waals surface area contributed by atoms with E-state index in [2.05, 4.69) is 12.6 Å². The normalized spacial score (nSPS) is 23.8. The number of hydrogen-bond donors (Lipinski definition) is 2. The van der Waals surface area contributed by atoms with Gasteiger partial charge in [-0.15, -0.1) is 0 Å². The van der Waals surface area contributed by atoms with Crippen LogP contribution in [-0.2, 0) is 0 Å². The molecular formula is C8H14F3NOS. The third-order valence-corrected chi connectivity index (χ3v) is 2.83. The van der Waals surface area contributed by atoms with Gasteiger partial charge in [-0.3, -0.25) is 0 Å². The summed E-state index contributed by atoms with van der Waals surface area (Å²) in [4.78, 5) is 1.88. The van der Waals surface area contributed by atoms with Crippen molar-refractivity contribution < 1.29 is 18.3 Å². The largest absolute Gasteiger partial charge is 0.417 e. The molecule has 14 heavy (non-hydrogen) atoms. The molecule has 1 N–H and O–H groups in total. The lowest BCUT2D eigenvalue weighted by Gasteiger charge is -2.38. The summed E-state index contributed by atoms with van der Waals surface area (Å²) >= 11 is 4.00. The van der Waals surface area contributed by atoms with Gasteiger partial charge in [0.1, 0.15) is 0 Å². The lowest BCUT2D eigenvalue weighted by molar-refractivity contribution is -0.272. The average molecular weight is 229 g/mol. The maximum absolute atomic E-state index is 12.4. The van der Waals surface area contributed by atoms with Gasteiger partial charge in [0.2, 0.25) is 0 Å². The van der Waals surface area contributed by atoms with Gasteiger partial charge < -0.3 is 10.0 Å². The highest BCUT2D eigenvalue weighted by molar-refractivity contribution is 7.80. The van der Waals surface area contributed by atoms with Crippen molar-refractivity contribution in [1.82, 2.24) is 4.90 Å². The molecule has 0 unspecified atom stereocenters. The quantitative estimate of drug-likeness (QED) is 0.697. The molecule has 1 saturated heterocycles. The number of rotatable bonds is 2. The van der Waals surface area contributed by atoms with Crippen molar-refractivity contribution in [3.8, 4) is 0 Å². The van der Waals surface area contributed by atoms with Crippen molar-refractivity contribution in [2.75, 3.05) is 25.4 Å². The number of likely N-dealkylation sites (tertiary alicyclic amines) is 1. The lowest BCUT2D eigenvalue weighted by atomic mass is 9.91. The van der Waals surface area contributed by atoms with E-state index in [0.29, 0.717) is 12.3 Å². The monoisotopic (exact) mass is 229 g/mol. The molecule has 0 amide bonds. The molecule has 2 nitrogen and oxygen atoms in total. The summed E-state index contributed by atoms with van der Waals surface area (Å²) in [6.45, 7) is 1.25. The van der Waals surface area contributed by atoms with E-state index in [1.54, 1.807) is 0 Å². The van der Waals surface area contributed by atoms with E-state index in [4.69, 9.17) is 0 Å². The zero-order chi connectivity index (χ0) is 10.8. The van der Waals surface area contributed by atoms with Gasteiger partial charge in [0.05, 0.1) is 0 Å². The minimum absolute atomic E-state index is 0.232. The fraction of sp³-hybridized carbons (Fsp3) is 1.00. The minimum atomic E-state index is -4.50. The van der Waals surface area contributed by atoms with Crippen molar-refractivity contribution in [3.63, 3.8) is 0 Å². The van der Waals surface area contributed by atoms with Gasteiger partial charge in [-0.05, 0) is 12.8 Å². The second-order valence-electron chi connectivity index (χ2n) is 3.59. The first-order valence-electron chi connectivity index (χ1n) is 4.51. The van der Waals surface area contributed by atoms with Gasteiger partial charge in [-0.1, -0.05) is 0 Å². The van der Waals surface area contributed by atoms with Gasteiger partial charge >= 0.3 is 6.18 Å². The second-order valence-corrected chi connectivity index (χ2v) is 4.04. The van der Waals surface area contributed by atoms with Gasteiger partial charge in [0.15, 0.2) is 5.60 Å². The first-order chi connectivity index (χ1) is 6.39. The number of alkyl halides is 3. The van der Waals surface area contributed by atoms with Crippen LogP contribution in [0.3, 0.4) is 0 Å². The van der Waals surface area contributed by atoms with Crippen LogP contribution >= 0.6 is 12.6 Å². The van der Waals surface area contributed by atoms with Crippen LogP contribution in [0.4, 0.5) is 13.2 Å². The topological polar surface area (TPSA) is 23.5 Å². The third kappa shape index (κ3) is 2.55. The zero-order valence-corrected chi connectivity index (χ0v) is 8.61. The molecule has 84 valence electrons. The molecule has 0 saturated carbocycles. The number of hydrogen-bond acceptors (Lipinski definition) is 3. The molecular weight excluding hydrogens is 215 g/mol. The standard InChI is InChI=1S/C8H14F3NOS/c9-8(10,11)7(13)1-3-12(4-2-7)5-6-14/h13-14H,1-6H2. The number of aliphatic hydroxyl groups is 1.